The first-order valence-electron chi connectivity index (χ1n) is 5.92. The summed E-state index contributed by atoms with van der Waals surface area (Å²) < 4.78 is 0. The zero-order valence-corrected chi connectivity index (χ0v) is 11.4. The zero-order chi connectivity index (χ0) is 15.7. The molecule has 0 aliphatic heterocycles. The van der Waals surface area contributed by atoms with E-state index in [-0.39, 0.29) is 17.1 Å². The first-order valence-corrected chi connectivity index (χ1v) is 5.92. The van der Waals surface area contributed by atoms with Crippen LogP contribution in [-0.2, 0) is 4.79 Å². The summed E-state index contributed by atoms with van der Waals surface area (Å²) in [4.78, 5) is 19.7. The lowest BCUT2D eigenvalue weighted by atomic mass is 10.2. The molecule has 0 saturated heterocycles. The Morgan fingerprint density at radius 2 is 2.10 bits per heavy atom. The van der Waals surface area contributed by atoms with E-state index in [4.69, 9.17) is 15.9 Å². The van der Waals surface area contributed by atoms with Gasteiger partial charge in [-0.15, -0.1) is 0 Å². The van der Waals surface area contributed by atoms with Gasteiger partial charge < -0.3 is 15.9 Å². The molecule has 7 nitrogen and oxygen atoms in total. The van der Waals surface area contributed by atoms with E-state index in [2.05, 4.69) is 0 Å². The van der Waals surface area contributed by atoms with Gasteiger partial charge in [0.2, 0.25) is 0 Å². The molecule has 0 radical (unpaired) electrons. The fourth-order valence-corrected chi connectivity index (χ4v) is 1.09. The van der Waals surface area contributed by atoms with Gasteiger partial charge in [-0.2, -0.15) is 0 Å². The Labute approximate surface area is 116 Å². The second kappa shape index (κ2) is 8.52. The molecule has 0 saturated carbocycles. The van der Waals surface area contributed by atoms with Crippen molar-refractivity contribution in [2.24, 2.45) is 0 Å². The van der Waals surface area contributed by atoms with Crippen LogP contribution < -0.4 is 5.73 Å². The number of nitrogen functional groups attached to an aromatic ring is 1. The first-order chi connectivity index (χ1) is 9.29. The number of rotatable bonds is 4. The van der Waals surface area contributed by atoms with Crippen molar-refractivity contribution in [1.29, 1.82) is 0 Å². The maximum absolute atomic E-state index is 10.1. The van der Waals surface area contributed by atoms with Gasteiger partial charge >= 0.3 is 5.97 Å². The normalized spacial score (nSPS) is 10.4. The number of hydrogen-bond acceptors (Lipinski definition) is 5. The molecule has 0 fully saturated rings. The van der Waals surface area contributed by atoms with Crippen molar-refractivity contribution < 1.29 is 19.9 Å². The number of anilines is 1. The first kappa shape index (κ1) is 17.4. The molecule has 7 heteroatoms. The summed E-state index contributed by atoms with van der Waals surface area (Å²) in [6, 6.07) is 3.53. The Kier molecular flexibility index (Phi) is 7.42. The Morgan fingerprint density at radius 3 is 2.50 bits per heavy atom. The molecular formula is C13H18N2O5. The molecule has 0 aliphatic rings. The predicted molar refractivity (Wildman–Crippen MR) is 75.5 cm³/mol. The van der Waals surface area contributed by atoms with Crippen LogP contribution in [0.1, 0.15) is 26.7 Å². The van der Waals surface area contributed by atoms with Gasteiger partial charge in [-0.05, 0) is 19.4 Å². The minimum absolute atomic E-state index is 0.135. The summed E-state index contributed by atoms with van der Waals surface area (Å²) in [6.07, 6.45) is 3.60. The lowest BCUT2D eigenvalue weighted by molar-refractivity contribution is -0.384. The summed E-state index contributed by atoms with van der Waals surface area (Å²) in [5, 5.41) is 27.4. The van der Waals surface area contributed by atoms with Crippen molar-refractivity contribution in [2.45, 2.75) is 26.7 Å². The van der Waals surface area contributed by atoms with Gasteiger partial charge in [-0.25, -0.2) is 4.79 Å². The highest BCUT2D eigenvalue weighted by Gasteiger charge is 2.06. The molecule has 0 aliphatic carbocycles. The number of aromatic hydroxyl groups is 1. The summed E-state index contributed by atoms with van der Waals surface area (Å²) in [6.45, 7) is 3.63. The van der Waals surface area contributed by atoms with Crippen LogP contribution in [0.25, 0.3) is 0 Å². The number of phenolic OH excluding ortho intramolecular Hbond substituents is 1. The Balaban J connectivity index is 0.000000370. The van der Waals surface area contributed by atoms with Crippen LogP contribution in [0.2, 0.25) is 0 Å². The van der Waals surface area contributed by atoms with E-state index >= 15 is 0 Å². The van der Waals surface area contributed by atoms with Crippen molar-refractivity contribution >= 4 is 17.3 Å². The van der Waals surface area contributed by atoms with E-state index in [0.29, 0.717) is 5.57 Å². The molecule has 1 rings (SSSR count). The number of unbranched alkanes of at least 4 members (excludes halogenated alkanes) is 1. The van der Waals surface area contributed by atoms with Crippen LogP contribution in [0.5, 0.6) is 5.75 Å². The highest BCUT2D eigenvalue weighted by molar-refractivity contribution is 5.85. The minimum atomic E-state index is -0.816. The third kappa shape index (κ3) is 6.39. The van der Waals surface area contributed by atoms with Crippen molar-refractivity contribution in [3.8, 4) is 5.75 Å². The molecule has 110 valence electrons. The van der Waals surface area contributed by atoms with Crippen molar-refractivity contribution in [3.63, 3.8) is 0 Å². The number of nitrogens with zero attached hydrogens (tertiary/aromatic N) is 1. The average Bonchev–Trinajstić information content (AvgIpc) is 2.39. The number of carbonyl (C=O) groups is 1. The van der Waals surface area contributed by atoms with Gasteiger partial charge in [0.05, 0.1) is 16.7 Å². The number of non-ortho nitro benzene ring substituents is 1. The van der Waals surface area contributed by atoms with Crippen LogP contribution in [0.15, 0.2) is 29.8 Å². The molecule has 1 aromatic carbocycles. The van der Waals surface area contributed by atoms with Crippen LogP contribution in [0, 0.1) is 10.1 Å². The number of hydrogen-bond donors (Lipinski definition) is 3. The highest BCUT2D eigenvalue weighted by atomic mass is 16.6. The van der Waals surface area contributed by atoms with E-state index in [1.165, 1.54) is 12.1 Å². The summed E-state index contributed by atoms with van der Waals surface area (Å²) >= 11 is 0. The Bertz CT molecular complexity index is 511. The van der Waals surface area contributed by atoms with E-state index in [9.17, 15) is 14.9 Å². The lowest BCUT2D eigenvalue weighted by Crippen LogP contribution is -1.95. The number of carboxylic acids is 1. The Morgan fingerprint density at radius 1 is 1.50 bits per heavy atom. The van der Waals surface area contributed by atoms with E-state index in [0.717, 1.165) is 18.9 Å². The topological polar surface area (TPSA) is 127 Å². The number of aliphatic carboxylic acids is 1. The zero-order valence-electron chi connectivity index (χ0n) is 11.4. The maximum Gasteiger partial charge on any atom is 0.330 e. The minimum Gasteiger partial charge on any atom is -0.506 e. The van der Waals surface area contributed by atoms with Gasteiger partial charge in [0.1, 0.15) is 5.75 Å². The SMILES string of the molecule is CCC/C=C(\C)C(=O)O.Nc1ccc([N+](=O)[O-])cc1O. The molecule has 0 bridgehead atoms. The molecule has 0 amide bonds. The number of benzene rings is 1. The summed E-state index contributed by atoms with van der Waals surface area (Å²) in [5.74, 6) is -1.08. The Hall–Kier alpha value is -2.57. The monoisotopic (exact) mass is 282 g/mol. The van der Waals surface area contributed by atoms with Crippen molar-refractivity contribution in [3.05, 3.63) is 40.0 Å². The molecule has 0 atom stereocenters. The third-order valence-electron chi connectivity index (χ3n) is 2.30. The number of phenols is 1. The molecule has 1 aromatic rings. The third-order valence-corrected chi connectivity index (χ3v) is 2.30. The number of carboxylic acid groups (broad SMARTS) is 1. The second-order valence-electron chi connectivity index (χ2n) is 3.98. The molecule has 4 N–H and O–H groups in total. The largest absolute Gasteiger partial charge is 0.506 e. The van der Waals surface area contributed by atoms with Gasteiger partial charge in [0.25, 0.3) is 5.69 Å². The van der Waals surface area contributed by atoms with E-state index in [1.54, 1.807) is 13.0 Å². The molecule has 0 heterocycles. The summed E-state index contributed by atoms with van der Waals surface area (Å²) in [5.41, 5.74) is 5.62. The number of nitro benzene ring substituents is 1. The molecule has 0 spiro atoms. The van der Waals surface area contributed by atoms with Gasteiger partial charge in [-0.1, -0.05) is 19.4 Å². The lowest BCUT2D eigenvalue weighted by Gasteiger charge is -1.95. The number of allylic oxidation sites excluding steroid dienone is 1. The van der Waals surface area contributed by atoms with Crippen molar-refractivity contribution in [1.82, 2.24) is 0 Å². The fourth-order valence-electron chi connectivity index (χ4n) is 1.09. The van der Waals surface area contributed by atoms with Crippen molar-refractivity contribution in [2.75, 3.05) is 5.73 Å². The number of nitrogens with two attached hydrogens (primary N) is 1. The van der Waals surface area contributed by atoms with Crippen LogP contribution >= 0.6 is 0 Å². The fraction of sp³-hybridized carbons (Fsp3) is 0.308. The predicted octanol–water partition coefficient (Wildman–Crippen LogP) is 2.70. The van der Waals surface area contributed by atoms with Gasteiger partial charge in [0.15, 0.2) is 0 Å². The smallest absolute Gasteiger partial charge is 0.330 e. The van der Waals surface area contributed by atoms with E-state index < -0.39 is 10.9 Å². The second-order valence-corrected chi connectivity index (χ2v) is 3.98. The van der Waals surface area contributed by atoms with Gasteiger partial charge in [-0.3, -0.25) is 10.1 Å². The highest BCUT2D eigenvalue weighted by Crippen LogP contribution is 2.24. The van der Waals surface area contributed by atoms with Crippen LogP contribution in [-0.4, -0.2) is 21.1 Å². The molecule has 20 heavy (non-hydrogen) atoms. The van der Waals surface area contributed by atoms with E-state index in [1.807, 2.05) is 6.92 Å². The number of nitro groups is 1. The molecule has 0 unspecified atom stereocenters. The van der Waals surface area contributed by atoms with Crippen LogP contribution in [0.3, 0.4) is 0 Å². The van der Waals surface area contributed by atoms with Gasteiger partial charge in [0, 0.05) is 11.6 Å². The maximum atomic E-state index is 10.1. The molecule has 0 aromatic heterocycles. The quantitative estimate of drug-likeness (QED) is 0.256. The van der Waals surface area contributed by atoms with Crippen LogP contribution in [0.4, 0.5) is 11.4 Å². The standard InChI is InChI=1S/C7H12O2.C6H6N2O3/c1-3-4-5-6(2)7(8)9;7-5-2-1-4(8(10)11)3-6(5)9/h5H,3-4H2,1-2H3,(H,8,9);1-3,9H,7H2/b6-5+;. The summed E-state index contributed by atoms with van der Waals surface area (Å²) in [7, 11) is 0. The average molecular weight is 282 g/mol. The molecular weight excluding hydrogens is 264 g/mol.